The number of aryl methyl sites for hydroxylation is 1. The zero-order chi connectivity index (χ0) is 31.6. The molecule has 0 aliphatic heterocycles. The molecule has 7 nitrogen and oxygen atoms in total. The highest BCUT2D eigenvalue weighted by Gasteiger charge is 2.35. The number of hydrogen-bond donors (Lipinski definition) is 1. The van der Waals surface area contributed by atoms with Gasteiger partial charge in [-0.15, -0.1) is 0 Å². The molecule has 45 heavy (non-hydrogen) atoms. The smallest absolute Gasteiger partial charge is 0.264 e. The topological polar surface area (TPSA) is 86.8 Å². The zero-order valence-electron chi connectivity index (χ0n) is 25.7. The number of carbonyl (C=O) groups excluding carboxylic acids is 2. The summed E-state index contributed by atoms with van der Waals surface area (Å²) in [6, 6.07) is 33.6. The van der Waals surface area contributed by atoms with Gasteiger partial charge in [-0.25, -0.2) is 8.42 Å². The Morgan fingerprint density at radius 1 is 0.756 bits per heavy atom. The minimum Gasteiger partial charge on any atom is -0.352 e. The predicted octanol–water partition coefficient (Wildman–Crippen LogP) is 6.28. The summed E-state index contributed by atoms with van der Waals surface area (Å²) in [5.41, 5.74) is 3.07. The Balaban J connectivity index is 1.53. The summed E-state index contributed by atoms with van der Waals surface area (Å²) in [5, 5.41) is 3.24. The van der Waals surface area contributed by atoms with Crippen LogP contribution in [0.5, 0.6) is 0 Å². The van der Waals surface area contributed by atoms with Gasteiger partial charge < -0.3 is 10.2 Å². The number of nitrogens with one attached hydrogen (secondary N) is 1. The molecule has 5 rings (SSSR count). The van der Waals surface area contributed by atoms with E-state index in [2.05, 4.69) is 5.32 Å². The molecular weight excluding hydrogens is 582 g/mol. The zero-order valence-corrected chi connectivity index (χ0v) is 26.5. The van der Waals surface area contributed by atoms with Crippen molar-refractivity contribution < 1.29 is 18.0 Å². The number of nitrogens with zero attached hydrogens (tertiary/aromatic N) is 2. The van der Waals surface area contributed by atoms with Crippen molar-refractivity contribution in [3.05, 3.63) is 132 Å². The minimum atomic E-state index is -4.11. The first-order chi connectivity index (χ1) is 21.8. The van der Waals surface area contributed by atoms with Crippen LogP contribution in [0.1, 0.15) is 48.8 Å². The first-order valence-corrected chi connectivity index (χ1v) is 17.1. The Morgan fingerprint density at radius 2 is 1.31 bits per heavy atom. The van der Waals surface area contributed by atoms with Crippen molar-refractivity contribution in [3.8, 4) is 0 Å². The summed E-state index contributed by atoms with van der Waals surface area (Å²) in [6.07, 6.45) is 5.39. The Kier molecular flexibility index (Phi) is 10.7. The number of rotatable bonds is 12. The third-order valence-corrected chi connectivity index (χ3v) is 10.1. The number of hydrogen-bond acceptors (Lipinski definition) is 4. The van der Waals surface area contributed by atoms with E-state index in [0.29, 0.717) is 12.1 Å². The van der Waals surface area contributed by atoms with E-state index in [4.69, 9.17) is 0 Å². The minimum absolute atomic E-state index is 0.0564. The molecule has 0 heterocycles. The molecule has 1 saturated carbocycles. The Morgan fingerprint density at radius 3 is 1.91 bits per heavy atom. The number of sulfonamides is 1. The summed E-state index contributed by atoms with van der Waals surface area (Å²) in [4.78, 5) is 30.3. The summed E-state index contributed by atoms with van der Waals surface area (Å²) < 4.78 is 29.3. The normalized spacial score (nSPS) is 14.3. The van der Waals surface area contributed by atoms with Crippen molar-refractivity contribution >= 4 is 27.5 Å². The predicted molar refractivity (Wildman–Crippen MR) is 178 cm³/mol. The molecular formula is C37H41N3O4S. The van der Waals surface area contributed by atoms with Gasteiger partial charge in [0.05, 0.1) is 10.6 Å². The van der Waals surface area contributed by atoms with Crippen molar-refractivity contribution in [2.45, 2.75) is 69.0 Å². The fourth-order valence-electron chi connectivity index (χ4n) is 5.84. The summed E-state index contributed by atoms with van der Waals surface area (Å²) in [7, 11) is -4.11. The molecule has 0 saturated heterocycles. The monoisotopic (exact) mass is 623 g/mol. The van der Waals surface area contributed by atoms with Gasteiger partial charge >= 0.3 is 0 Å². The number of benzene rings is 4. The van der Waals surface area contributed by atoms with Gasteiger partial charge in [0, 0.05) is 19.0 Å². The van der Waals surface area contributed by atoms with E-state index in [1.807, 2.05) is 67.6 Å². The molecule has 0 radical (unpaired) electrons. The maximum atomic E-state index is 14.5. The third kappa shape index (κ3) is 8.39. The Labute approximate surface area is 266 Å². The lowest BCUT2D eigenvalue weighted by Crippen LogP contribution is -2.55. The number of para-hydroxylation sites is 1. The van der Waals surface area contributed by atoms with Crippen molar-refractivity contribution in [2.75, 3.05) is 10.8 Å². The number of amides is 2. The Bertz CT molecular complexity index is 1640. The fourth-order valence-corrected chi connectivity index (χ4v) is 7.25. The number of anilines is 1. The van der Waals surface area contributed by atoms with Crippen molar-refractivity contribution in [1.82, 2.24) is 10.2 Å². The maximum Gasteiger partial charge on any atom is 0.264 e. The van der Waals surface area contributed by atoms with Gasteiger partial charge in [-0.2, -0.15) is 0 Å². The Hall–Kier alpha value is -4.43. The first-order valence-electron chi connectivity index (χ1n) is 15.6. The van der Waals surface area contributed by atoms with Gasteiger partial charge in [0.25, 0.3) is 10.0 Å². The first kappa shape index (κ1) is 32.0. The van der Waals surface area contributed by atoms with Gasteiger partial charge in [-0.05, 0) is 55.2 Å². The molecule has 0 aromatic heterocycles. The van der Waals surface area contributed by atoms with Crippen molar-refractivity contribution in [3.63, 3.8) is 0 Å². The van der Waals surface area contributed by atoms with Gasteiger partial charge in [-0.3, -0.25) is 13.9 Å². The quantitative estimate of drug-likeness (QED) is 0.201. The van der Waals surface area contributed by atoms with Gasteiger partial charge in [-0.1, -0.05) is 116 Å². The largest absolute Gasteiger partial charge is 0.352 e. The molecule has 8 heteroatoms. The second kappa shape index (κ2) is 15.0. The average molecular weight is 624 g/mol. The van der Waals surface area contributed by atoms with Crippen LogP contribution in [0, 0.1) is 6.92 Å². The summed E-state index contributed by atoms with van der Waals surface area (Å²) >= 11 is 0. The molecule has 1 atom stereocenters. The van der Waals surface area contributed by atoms with Crippen LogP contribution in [-0.4, -0.2) is 43.8 Å². The van der Waals surface area contributed by atoms with E-state index < -0.39 is 28.5 Å². The standard InChI is InChI=1S/C37H41N3O4S/c1-29-22-24-34(25-23-29)45(43,44)40(33-20-12-5-13-21-33)28-36(41)39(27-31-16-8-3-9-17-31)35(26-30-14-6-2-7-15-30)37(42)38-32-18-10-4-11-19-32/h2-3,5-9,12-17,20-25,32,35H,4,10-11,18-19,26-28H2,1H3,(H,38,42). The van der Waals surface area contributed by atoms with E-state index in [9.17, 15) is 18.0 Å². The van der Waals surface area contributed by atoms with E-state index in [0.717, 1.165) is 53.1 Å². The highest BCUT2D eigenvalue weighted by molar-refractivity contribution is 7.92. The molecule has 0 bridgehead atoms. The summed E-state index contributed by atoms with van der Waals surface area (Å²) in [5.74, 6) is -0.680. The second-order valence-electron chi connectivity index (χ2n) is 11.7. The van der Waals surface area contributed by atoms with Crippen LogP contribution < -0.4 is 9.62 Å². The van der Waals surface area contributed by atoms with E-state index in [1.165, 1.54) is 0 Å². The number of carbonyl (C=O) groups is 2. The fraction of sp³-hybridized carbons (Fsp3) is 0.297. The molecule has 1 aliphatic carbocycles. The van der Waals surface area contributed by atoms with Crippen LogP contribution >= 0.6 is 0 Å². The molecule has 1 unspecified atom stereocenters. The van der Waals surface area contributed by atoms with Crippen molar-refractivity contribution in [1.29, 1.82) is 0 Å². The lowest BCUT2D eigenvalue weighted by atomic mass is 9.94. The highest BCUT2D eigenvalue weighted by atomic mass is 32.2. The molecule has 1 N–H and O–H groups in total. The lowest BCUT2D eigenvalue weighted by Gasteiger charge is -2.35. The molecule has 4 aromatic carbocycles. The average Bonchev–Trinajstić information content (AvgIpc) is 3.07. The van der Waals surface area contributed by atoms with E-state index in [1.54, 1.807) is 59.5 Å². The molecule has 234 valence electrons. The summed E-state index contributed by atoms with van der Waals surface area (Å²) in [6.45, 7) is 1.58. The molecule has 4 aromatic rings. The second-order valence-corrected chi connectivity index (χ2v) is 13.6. The third-order valence-electron chi connectivity index (χ3n) is 8.35. The van der Waals surface area contributed by atoms with Crippen LogP contribution in [0.3, 0.4) is 0 Å². The van der Waals surface area contributed by atoms with Gasteiger partial charge in [0.15, 0.2) is 0 Å². The van der Waals surface area contributed by atoms with Crippen LogP contribution in [0.4, 0.5) is 5.69 Å². The van der Waals surface area contributed by atoms with Crippen molar-refractivity contribution in [2.24, 2.45) is 0 Å². The lowest BCUT2D eigenvalue weighted by molar-refractivity contribution is -0.140. The van der Waals surface area contributed by atoms with E-state index in [-0.39, 0.29) is 23.4 Å². The molecule has 1 fully saturated rings. The maximum absolute atomic E-state index is 14.5. The van der Waals surface area contributed by atoms with E-state index >= 15 is 0 Å². The SMILES string of the molecule is Cc1ccc(S(=O)(=O)N(CC(=O)N(Cc2ccccc2)C(Cc2ccccc2)C(=O)NC2CCCCC2)c2ccccc2)cc1. The van der Waals surface area contributed by atoms with Crippen LogP contribution in [0.25, 0.3) is 0 Å². The van der Waals surface area contributed by atoms with Crippen LogP contribution in [-0.2, 0) is 32.6 Å². The van der Waals surface area contributed by atoms with Crippen LogP contribution in [0.2, 0.25) is 0 Å². The molecule has 1 aliphatic rings. The molecule has 0 spiro atoms. The van der Waals surface area contributed by atoms with Crippen LogP contribution in [0.15, 0.2) is 120 Å². The highest BCUT2D eigenvalue weighted by Crippen LogP contribution is 2.25. The van der Waals surface area contributed by atoms with Gasteiger partial charge in [0.2, 0.25) is 11.8 Å². The van der Waals surface area contributed by atoms with Gasteiger partial charge in [0.1, 0.15) is 12.6 Å². The molecule has 2 amide bonds.